The van der Waals surface area contributed by atoms with Crippen molar-refractivity contribution in [1.82, 2.24) is 10.2 Å². The second-order valence-corrected chi connectivity index (χ2v) is 6.83. The Bertz CT molecular complexity index is 526. The number of hydrogen-bond donors (Lipinski definition) is 1. The lowest BCUT2D eigenvalue weighted by Crippen LogP contribution is -2.47. The fourth-order valence-electron chi connectivity index (χ4n) is 3.62. The van der Waals surface area contributed by atoms with E-state index in [1.165, 1.54) is 19.3 Å². The molecule has 1 heterocycles. The Kier molecular flexibility index (Phi) is 5.42. The van der Waals surface area contributed by atoms with Gasteiger partial charge < -0.3 is 15.0 Å². The van der Waals surface area contributed by atoms with Gasteiger partial charge in [-0.25, -0.2) is 4.79 Å². The van der Waals surface area contributed by atoms with Crippen LogP contribution in [0.15, 0.2) is 24.3 Å². The van der Waals surface area contributed by atoms with E-state index in [9.17, 15) is 4.79 Å². The number of carbonyl (C=O) groups excluding carboxylic acids is 1. The van der Waals surface area contributed by atoms with Crippen molar-refractivity contribution in [3.05, 3.63) is 29.8 Å². The molecule has 126 valence electrons. The minimum atomic E-state index is 0.0490. The van der Waals surface area contributed by atoms with Gasteiger partial charge in [0.2, 0.25) is 0 Å². The maximum absolute atomic E-state index is 12.4. The quantitative estimate of drug-likeness (QED) is 0.909. The predicted octanol–water partition coefficient (Wildman–Crippen LogP) is 4.09. The number of piperidine rings is 1. The van der Waals surface area contributed by atoms with Crippen LogP contribution in [0.4, 0.5) is 4.79 Å². The van der Waals surface area contributed by atoms with E-state index in [2.05, 4.69) is 12.2 Å². The lowest BCUT2D eigenvalue weighted by Gasteiger charge is -2.33. The van der Waals surface area contributed by atoms with Crippen LogP contribution in [-0.4, -0.2) is 29.6 Å². The number of nitrogens with one attached hydrogen (secondary N) is 1. The number of hydrogen-bond acceptors (Lipinski definition) is 2. The SMILES string of the molecule is CC1CCCCN1C(=O)NCc1ccccc1OC1CCCC1. The van der Waals surface area contributed by atoms with Crippen molar-refractivity contribution in [3.63, 3.8) is 0 Å². The van der Waals surface area contributed by atoms with Crippen LogP contribution in [-0.2, 0) is 6.54 Å². The molecule has 1 aliphatic carbocycles. The Morgan fingerprint density at radius 2 is 1.91 bits per heavy atom. The van der Waals surface area contributed by atoms with Gasteiger partial charge in [-0.15, -0.1) is 0 Å². The molecular formula is C19H28N2O2. The Morgan fingerprint density at radius 1 is 1.17 bits per heavy atom. The second-order valence-electron chi connectivity index (χ2n) is 6.83. The summed E-state index contributed by atoms with van der Waals surface area (Å²) in [6.07, 6.45) is 8.59. The Balaban J connectivity index is 1.58. The fraction of sp³-hybridized carbons (Fsp3) is 0.632. The molecule has 1 aliphatic heterocycles. The van der Waals surface area contributed by atoms with Crippen molar-refractivity contribution in [2.45, 2.75) is 70.6 Å². The number of benzene rings is 1. The van der Waals surface area contributed by atoms with E-state index >= 15 is 0 Å². The molecule has 23 heavy (non-hydrogen) atoms. The van der Waals surface area contributed by atoms with Gasteiger partial charge in [0.05, 0.1) is 6.10 Å². The lowest BCUT2D eigenvalue weighted by molar-refractivity contribution is 0.157. The summed E-state index contributed by atoms with van der Waals surface area (Å²) >= 11 is 0. The summed E-state index contributed by atoms with van der Waals surface area (Å²) in [4.78, 5) is 14.4. The van der Waals surface area contributed by atoms with Gasteiger partial charge in [-0.1, -0.05) is 18.2 Å². The van der Waals surface area contributed by atoms with Crippen LogP contribution in [0.25, 0.3) is 0 Å². The highest BCUT2D eigenvalue weighted by Gasteiger charge is 2.23. The van der Waals surface area contributed by atoms with Crippen molar-refractivity contribution >= 4 is 6.03 Å². The Labute approximate surface area is 139 Å². The third-order valence-corrected chi connectivity index (χ3v) is 5.06. The molecule has 1 N–H and O–H groups in total. The molecule has 2 fully saturated rings. The van der Waals surface area contributed by atoms with Crippen LogP contribution in [0.5, 0.6) is 5.75 Å². The van der Waals surface area contributed by atoms with Gasteiger partial charge in [-0.3, -0.25) is 0 Å². The molecule has 1 unspecified atom stereocenters. The van der Waals surface area contributed by atoms with E-state index < -0.39 is 0 Å². The summed E-state index contributed by atoms with van der Waals surface area (Å²) in [7, 11) is 0. The number of likely N-dealkylation sites (tertiary alicyclic amines) is 1. The van der Waals surface area contributed by atoms with Crippen LogP contribution in [0.1, 0.15) is 57.4 Å². The average molecular weight is 316 g/mol. The molecule has 4 nitrogen and oxygen atoms in total. The number of nitrogens with zero attached hydrogens (tertiary/aromatic N) is 1. The number of amides is 2. The van der Waals surface area contributed by atoms with Crippen molar-refractivity contribution in [3.8, 4) is 5.75 Å². The van der Waals surface area contributed by atoms with Crippen LogP contribution in [0.3, 0.4) is 0 Å². The first-order valence-corrected chi connectivity index (χ1v) is 9.03. The zero-order valence-electron chi connectivity index (χ0n) is 14.1. The molecular weight excluding hydrogens is 288 g/mol. The van der Waals surface area contributed by atoms with E-state index in [1.807, 2.05) is 29.2 Å². The number of carbonyl (C=O) groups is 1. The summed E-state index contributed by atoms with van der Waals surface area (Å²) in [6.45, 7) is 3.54. The van der Waals surface area contributed by atoms with Gasteiger partial charge in [0, 0.05) is 24.7 Å². The normalized spacial score (nSPS) is 22.1. The maximum atomic E-state index is 12.4. The monoisotopic (exact) mass is 316 g/mol. The standard InChI is InChI=1S/C19H28N2O2/c1-15-8-6-7-13-21(15)19(22)20-14-16-9-2-5-12-18(16)23-17-10-3-4-11-17/h2,5,9,12,15,17H,3-4,6-8,10-11,13-14H2,1H3,(H,20,22). The number of rotatable bonds is 4. The van der Waals surface area contributed by atoms with Gasteiger partial charge in [-0.2, -0.15) is 0 Å². The summed E-state index contributed by atoms with van der Waals surface area (Å²) in [5.74, 6) is 0.923. The zero-order valence-corrected chi connectivity index (χ0v) is 14.1. The predicted molar refractivity (Wildman–Crippen MR) is 91.6 cm³/mol. The summed E-state index contributed by atoms with van der Waals surface area (Å²) in [6, 6.07) is 8.46. The molecule has 1 saturated carbocycles. The van der Waals surface area contributed by atoms with E-state index in [0.29, 0.717) is 18.7 Å². The minimum Gasteiger partial charge on any atom is -0.490 e. The first kappa shape index (κ1) is 16.2. The van der Waals surface area contributed by atoms with Gasteiger partial charge in [0.1, 0.15) is 5.75 Å². The first-order chi connectivity index (χ1) is 11.2. The topological polar surface area (TPSA) is 41.6 Å². The molecule has 1 atom stereocenters. The van der Waals surface area contributed by atoms with Crippen molar-refractivity contribution in [2.75, 3.05) is 6.54 Å². The maximum Gasteiger partial charge on any atom is 0.317 e. The van der Waals surface area contributed by atoms with Crippen molar-refractivity contribution in [1.29, 1.82) is 0 Å². The minimum absolute atomic E-state index is 0.0490. The average Bonchev–Trinajstić information content (AvgIpc) is 3.07. The van der Waals surface area contributed by atoms with Crippen molar-refractivity contribution < 1.29 is 9.53 Å². The number of urea groups is 1. The van der Waals surface area contributed by atoms with Gasteiger partial charge in [0.15, 0.2) is 0 Å². The molecule has 1 aromatic carbocycles. The molecule has 1 aromatic rings. The highest BCUT2D eigenvalue weighted by Crippen LogP contribution is 2.26. The molecule has 2 aliphatic rings. The summed E-state index contributed by atoms with van der Waals surface area (Å²) in [5, 5.41) is 3.07. The summed E-state index contributed by atoms with van der Waals surface area (Å²) in [5.41, 5.74) is 1.07. The molecule has 0 aromatic heterocycles. The highest BCUT2D eigenvalue weighted by molar-refractivity contribution is 5.74. The molecule has 3 rings (SSSR count). The van der Waals surface area contributed by atoms with Gasteiger partial charge >= 0.3 is 6.03 Å². The zero-order chi connectivity index (χ0) is 16.1. The van der Waals surface area contributed by atoms with Crippen LogP contribution < -0.4 is 10.1 Å². The number of ether oxygens (including phenoxy) is 1. The second kappa shape index (κ2) is 7.71. The van der Waals surface area contributed by atoms with Gasteiger partial charge in [-0.05, 0) is 57.9 Å². The van der Waals surface area contributed by atoms with Gasteiger partial charge in [0.25, 0.3) is 0 Å². The molecule has 0 bridgehead atoms. The molecule has 0 spiro atoms. The van der Waals surface area contributed by atoms with Crippen molar-refractivity contribution in [2.24, 2.45) is 0 Å². The highest BCUT2D eigenvalue weighted by atomic mass is 16.5. The Hall–Kier alpha value is -1.71. The largest absolute Gasteiger partial charge is 0.490 e. The first-order valence-electron chi connectivity index (χ1n) is 9.03. The third kappa shape index (κ3) is 4.18. The van der Waals surface area contributed by atoms with Crippen LogP contribution in [0, 0.1) is 0 Å². The Morgan fingerprint density at radius 3 is 2.70 bits per heavy atom. The number of para-hydroxylation sites is 1. The van der Waals surface area contributed by atoms with E-state index in [-0.39, 0.29) is 6.03 Å². The lowest BCUT2D eigenvalue weighted by atomic mass is 10.0. The molecule has 1 saturated heterocycles. The third-order valence-electron chi connectivity index (χ3n) is 5.06. The smallest absolute Gasteiger partial charge is 0.317 e. The van der Waals surface area contributed by atoms with Crippen LogP contribution in [0.2, 0.25) is 0 Å². The van der Waals surface area contributed by atoms with E-state index in [0.717, 1.165) is 43.5 Å². The van der Waals surface area contributed by atoms with Crippen LogP contribution >= 0.6 is 0 Å². The molecule has 2 amide bonds. The fourth-order valence-corrected chi connectivity index (χ4v) is 3.62. The summed E-state index contributed by atoms with van der Waals surface area (Å²) < 4.78 is 6.14. The van der Waals surface area contributed by atoms with E-state index in [1.54, 1.807) is 0 Å². The molecule has 0 radical (unpaired) electrons. The molecule has 4 heteroatoms. The van der Waals surface area contributed by atoms with E-state index in [4.69, 9.17) is 4.74 Å².